The summed E-state index contributed by atoms with van der Waals surface area (Å²) in [6.07, 6.45) is -1.48. The predicted molar refractivity (Wildman–Crippen MR) is 162 cm³/mol. The molecule has 3 atom stereocenters. The summed E-state index contributed by atoms with van der Waals surface area (Å²) < 4.78 is 31.7. The van der Waals surface area contributed by atoms with Crippen LogP contribution in [-0.4, -0.2) is 106 Å². The molecule has 3 rings (SSSR count). The van der Waals surface area contributed by atoms with Crippen LogP contribution in [0.1, 0.15) is 31.2 Å². The van der Waals surface area contributed by atoms with Crippen LogP contribution in [0.2, 0.25) is 0 Å². The van der Waals surface area contributed by atoms with Crippen molar-refractivity contribution in [3.8, 4) is 0 Å². The van der Waals surface area contributed by atoms with E-state index in [0.717, 1.165) is 29.2 Å². The van der Waals surface area contributed by atoms with Crippen LogP contribution in [0, 0.1) is 0 Å². The van der Waals surface area contributed by atoms with Gasteiger partial charge in [-0.3, -0.25) is 19.3 Å². The number of likely N-dealkylation sites (tertiary alicyclic amines) is 1. The number of hydrogen-bond donors (Lipinski definition) is 5. The lowest BCUT2D eigenvalue weighted by molar-refractivity contribution is -0.192. The van der Waals surface area contributed by atoms with Gasteiger partial charge in [-0.15, -0.1) is 0 Å². The van der Waals surface area contributed by atoms with E-state index in [1.54, 1.807) is 4.90 Å². The topological polar surface area (TPSA) is 196 Å². The fourth-order valence-electron chi connectivity index (χ4n) is 4.85. The highest BCUT2D eigenvalue weighted by molar-refractivity contribution is 7.98. The van der Waals surface area contributed by atoms with Crippen LogP contribution < -0.4 is 16.8 Å². The zero-order valence-corrected chi connectivity index (χ0v) is 25.5. The third kappa shape index (κ3) is 12.2. The number of benzene rings is 2. The van der Waals surface area contributed by atoms with Crippen molar-refractivity contribution in [1.82, 2.24) is 15.1 Å². The van der Waals surface area contributed by atoms with Crippen LogP contribution >= 0.6 is 11.8 Å². The number of nitrogens with two attached hydrogens (primary N) is 2. The maximum atomic E-state index is 13.0. The fourth-order valence-corrected chi connectivity index (χ4v) is 5.32. The molecule has 0 aromatic heterocycles. The van der Waals surface area contributed by atoms with E-state index in [1.165, 1.54) is 11.8 Å². The molecule has 0 spiro atoms. The van der Waals surface area contributed by atoms with Crippen molar-refractivity contribution >= 4 is 52.2 Å². The molecule has 1 saturated heterocycles. The maximum Gasteiger partial charge on any atom is 0.490 e. The molecule has 1 heterocycles. The van der Waals surface area contributed by atoms with E-state index in [9.17, 15) is 37.5 Å². The minimum Gasteiger partial charge on any atom is -0.480 e. The Morgan fingerprint density at radius 1 is 1.11 bits per heavy atom. The molecule has 2 aromatic carbocycles. The summed E-state index contributed by atoms with van der Waals surface area (Å²) in [6.45, 7) is 1.37. The number of nitrogens with one attached hydrogen (secondary N) is 1. The predicted octanol–water partition coefficient (Wildman–Crippen LogP) is 1.79. The van der Waals surface area contributed by atoms with Gasteiger partial charge in [0.2, 0.25) is 17.7 Å². The number of hydrogen-bond acceptors (Lipinski definition) is 8. The number of carbonyl (C=O) groups is 5. The van der Waals surface area contributed by atoms with Gasteiger partial charge >= 0.3 is 18.1 Å². The number of carboxylic acid groups (broad SMARTS) is 2. The molecule has 0 aliphatic carbocycles. The third-order valence-corrected chi connectivity index (χ3v) is 7.70. The molecular weight excluding hydrogens is 619 g/mol. The lowest BCUT2D eigenvalue weighted by Gasteiger charge is -2.31. The Kier molecular flexibility index (Phi) is 14.6. The number of alkyl halides is 3. The summed E-state index contributed by atoms with van der Waals surface area (Å²) in [7, 11) is 0. The number of fused-ring (bicyclic) bond motifs is 1. The van der Waals surface area contributed by atoms with Gasteiger partial charge in [0.05, 0.1) is 19.0 Å². The molecule has 7 N–H and O–H groups in total. The largest absolute Gasteiger partial charge is 0.490 e. The SMILES string of the molecule is CSCC[C@H](NC(=O)CN(Cc1cccc2ccccc12)C[C@@H]1CCCN1C(=O)C[C@H](N)C(N)=O)C(=O)O.O=C(O)C(F)(F)F. The van der Waals surface area contributed by atoms with Crippen molar-refractivity contribution in [1.29, 1.82) is 0 Å². The second-order valence-electron chi connectivity index (χ2n) is 10.4. The zero-order valence-electron chi connectivity index (χ0n) is 24.7. The van der Waals surface area contributed by atoms with Gasteiger partial charge in [-0.05, 0) is 47.6 Å². The average molecular weight is 658 g/mol. The van der Waals surface area contributed by atoms with Gasteiger partial charge in [-0.25, -0.2) is 9.59 Å². The molecule has 0 saturated carbocycles. The van der Waals surface area contributed by atoms with Crippen molar-refractivity contribution < 1.29 is 47.4 Å². The molecule has 1 aliphatic rings. The molecule has 45 heavy (non-hydrogen) atoms. The molecule has 3 amide bonds. The summed E-state index contributed by atoms with van der Waals surface area (Å²) in [6, 6.07) is 11.8. The molecule has 16 heteroatoms. The zero-order chi connectivity index (χ0) is 33.7. The van der Waals surface area contributed by atoms with Crippen LogP contribution in [0.4, 0.5) is 13.2 Å². The molecule has 1 fully saturated rings. The first kappa shape index (κ1) is 37.3. The average Bonchev–Trinajstić information content (AvgIpc) is 3.43. The summed E-state index contributed by atoms with van der Waals surface area (Å²) >= 11 is 1.52. The molecule has 0 radical (unpaired) electrons. The lowest BCUT2D eigenvalue weighted by Crippen LogP contribution is -2.49. The fraction of sp³-hybridized carbons (Fsp3) is 0.483. The number of nitrogens with zero attached hydrogens (tertiary/aromatic N) is 2. The Balaban J connectivity index is 0.000000900. The summed E-state index contributed by atoms with van der Waals surface area (Å²) in [5.74, 6) is -4.55. The minimum absolute atomic E-state index is 0.0222. The van der Waals surface area contributed by atoms with Crippen LogP contribution in [-0.2, 0) is 30.5 Å². The Morgan fingerprint density at radius 2 is 1.76 bits per heavy atom. The second kappa shape index (κ2) is 17.6. The molecule has 0 bridgehead atoms. The highest BCUT2D eigenvalue weighted by Gasteiger charge is 2.38. The number of thioether (sulfide) groups is 1. The van der Waals surface area contributed by atoms with Gasteiger partial charge in [0.25, 0.3) is 0 Å². The quantitative estimate of drug-likeness (QED) is 0.200. The van der Waals surface area contributed by atoms with Crippen molar-refractivity contribution in [3.05, 3.63) is 48.0 Å². The molecular formula is C29H38F3N5O7S. The van der Waals surface area contributed by atoms with Crippen LogP contribution in [0.3, 0.4) is 0 Å². The van der Waals surface area contributed by atoms with Gasteiger partial charge < -0.3 is 31.9 Å². The Morgan fingerprint density at radius 3 is 2.36 bits per heavy atom. The molecule has 2 aromatic rings. The molecule has 12 nitrogen and oxygen atoms in total. The monoisotopic (exact) mass is 657 g/mol. The van der Waals surface area contributed by atoms with E-state index >= 15 is 0 Å². The van der Waals surface area contributed by atoms with E-state index < -0.39 is 36.1 Å². The second-order valence-corrected chi connectivity index (χ2v) is 11.4. The van der Waals surface area contributed by atoms with E-state index in [1.807, 2.05) is 53.6 Å². The first-order valence-corrected chi connectivity index (χ1v) is 15.4. The number of carboxylic acids is 2. The Hall–Kier alpha value is -3.89. The van der Waals surface area contributed by atoms with E-state index in [-0.39, 0.29) is 30.8 Å². The van der Waals surface area contributed by atoms with Crippen molar-refractivity contribution in [3.63, 3.8) is 0 Å². The lowest BCUT2D eigenvalue weighted by atomic mass is 10.0. The van der Waals surface area contributed by atoms with Gasteiger partial charge in [-0.1, -0.05) is 42.5 Å². The number of halogens is 3. The van der Waals surface area contributed by atoms with Gasteiger partial charge in [-0.2, -0.15) is 24.9 Å². The number of aliphatic carboxylic acids is 2. The van der Waals surface area contributed by atoms with Crippen LogP contribution in [0.15, 0.2) is 42.5 Å². The van der Waals surface area contributed by atoms with E-state index in [2.05, 4.69) is 5.32 Å². The van der Waals surface area contributed by atoms with E-state index in [4.69, 9.17) is 21.4 Å². The molecule has 248 valence electrons. The Bertz CT molecular complexity index is 1340. The maximum absolute atomic E-state index is 13.0. The van der Waals surface area contributed by atoms with Crippen molar-refractivity contribution in [2.75, 3.05) is 31.6 Å². The summed E-state index contributed by atoms with van der Waals surface area (Å²) in [4.78, 5) is 61.5. The first-order valence-electron chi connectivity index (χ1n) is 14.0. The van der Waals surface area contributed by atoms with Gasteiger partial charge in [0.1, 0.15) is 6.04 Å². The Labute approximate surface area is 262 Å². The third-order valence-electron chi connectivity index (χ3n) is 7.05. The standard InChI is InChI=1S/C27H37N5O5S.C2HF3O2/c1-38-13-11-23(27(36)37)30-24(33)17-31(15-19-8-4-7-18-6-2-3-10-21(18)19)16-20-9-5-12-32(20)25(34)14-22(28)26(29)35;3-2(4,5)1(6)7/h2-4,6-8,10,20,22-23H,5,9,11-17,28H2,1H3,(H2,29,35)(H,30,33)(H,36,37);(H,6,7)/t20-,22-,23-;/m0./s1. The van der Waals surface area contributed by atoms with Crippen LogP contribution in [0.5, 0.6) is 0 Å². The number of carbonyl (C=O) groups excluding carboxylic acids is 3. The van der Waals surface area contributed by atoms with Crippen LogP contribution in [0.25, 0.3) is 10.8 Å². The van der Waals surface area contributed by atoms with E-state index in [0.29, 0.717) is 31.8 Å². The molecule has 0 unspecified atom stereocenters. The summed E-state index contributed by atoms with van der Waals surface area (Å²) in [5.41, 5.74) is 12.0. The number of primary amides is 1. The van der Waals surface area contributed by atoms with Crippen molar-refractivity contribution in [2.45, 2.75) is 56.5 Å². The smallest absolute Gasteiger partial charge is 0.480 e. The number of amides is 3. The minimum atomic E-state index is -5.08. The normalized spacial score (nSPS) is 16.0. The summed E-state index contributed by atoms with van der Waals surface area (Å²) in [5, 5.41) is 21.5. The van der Waals surface area contributed by atoms with Gasteiger partial charge in [0, 0.05) is 25.7 Å². The first-order chi connectivity index (χ1) is 21.1. The highest BCUT2D eigenvalue weighted by atomic mass is 32.2. The highest BCUT2D eigenvalue weighted by Crippen LogP contribution is 2.23. The molecule has 1 aliphatic heterocycles. The van der Waals surface area contributed by atoms with Crippen molar-refractivity contribution in [2.24, 2.45) is 11.5 Å². The van der Waals surface area contributed by atoms with Gasteiger partial charge in [0.15, 0.2) is 0 Å². The number of rotatable bonds is 14.